The molecular formula is C19H17FN2O. The number of likely N-dealkylation sites (tertiary alicyclic amines) is 1. The van der Waals surface area contributed by atoms with E-state index >= 15 is 0 Å². The maximum absolute atomic E-state index is 13.2. The molecule has 23 heavy (non-hydrogen) atoms. The number of nitriles is 1. The lowest BCUT2D eigenvalue weighted by atomic mass is 9.94. The van der Waals surface area contributed by atoms with Crippen molar-refractivity contribution >= 4 is 5.91 Å². The van der Waals surface area contributed by atoms with Gasteiger partial charge in [0, 0.05) is 6.54 Å². The normalized spacial score (nSPS) is 17.6. The lowest BCUT2D eigenvalue weighted by molar-refractivity contribution is 0.0611. The summed E-state index contributed by atoms with van der Waals surface area (Å²) in [5, 5.41) is 9.22. The van der Waals surface area contributed by atoms with Crippen molar-refractivity contribution in [1.82, 2.24) is 4.90 Å². The van der Waals surface area contributed by atoms with Gasteiger partial charge in [0.1, 0.15) is 5.82 Å². The Balaban J connectivity index is 1.94. The molecule has 0 aliphatic carbocycles. The molecule has 0 bridgehead atoms. The van der Waals surface area contributed by atoms with Crippen LogP contribution < -0.4 is 0 Å². The Bertz CT molecular complexity index is 749. The average molecular weight is 308 g/mol. The molecule has 3 rings (SSSR count). The molecule has 0 saturated carbocycles. The average Bonchev–Trinajstić information content (AvgIpc) is 2.62. The van der Waals surface area contributed by atoms with Gasteiger partial charge in [0.05, 0.1) is 23.2 Å². The smallest absolute Gasteiger partial charge is 0.255 e. The topological polar surface area (TPSA) is 44.1 Å². The van der Waals surface area contributed by atoms with Crippen molar-refractivity contribution < 1.29 is 9.18 Å². The van der Waals surface area contributed by atoms with Gasteiger partial charge in [-0.2, -0.15) is 5.26 Å². The third kappa shape index (κ3) is 3.09. The maximum Gasteiger partial charge on any atom is 0.255 e. The Labute approximate surface area is 135 Å². The summed E-state index contributed by atoms with van der Waals surface area (Å²) >= 11 is 0. The van der Waals surface area contributed by atoms with Gasteiger partial charge in [-0.25, -0.2) is 4.39 Å². The van der Waals surface area contributed by atoms with Crippen LogP contribution in [0.3, 0.4) is 0 Å². The summed E-state index contributed by atoms with van der Waals surface area (Å²) < 4.78 is 13.2. The Morgan fingerprint density at radius 2 is 1.87 bits per heavy atom. The van der Waals surface area contributed by atoms with Gasteiger partial charge < -0.3 is 4.90 Å². The number of benzene rings is 2. The van der Waals surface area contributed by atoms with Crippen molar-refractivity contribution in [3.63, 3.8) is 0 Å². The second-order valence-corrected chi connectivity index (χ2v) is 5.72. The van der Waals surface area contributed by atoms with E-state index in [1.165, 1.54) is 12.1 Å². The predicted octanol–water partition coefficient (Wildman–Crippen LogP) is 4.06. The molecule has 0 radical (unpaired) electrons. The van der Waals surface area contributed by atoms with Crippen LogP contribution in [0.4, 0.5) is 4.39 Å². The lowest BCUT2D eigenvalue weighted by Crippen LogP contribution is -2.38. The zero-order chi connectivity index (χ0) is 16.2. The zero-order valence-electron chi connectivity index (χ0n) is 12.7. The molecule has 2 aromatic rings. The largest absolute Gasteiger partial charge is 0.332 e. The van der Waals surface area contributed by atoms with Crippen molar-refractivity contribution in [3.8, 4) is 6.07 Å². The molecule has 2 aromatic carbocycles. The molecule has 1 amide bonds. The molecular weight excluding hydrogens is 291 g/mol. The number of carbonyl (C=O) groups is 1. The Morgan fingerprint density at radius 1 is 1.13 bits per heavy atom. The first-order valence-electron chi connectivity index (χ1n) is 7.76. The molecule has 0 spiro atoms. The molecule has 1 atom stereocenters. The first-order valence-corrected chi connectivity index (χ1v) is 7.76. The van der Waals surface area contributed by atoms with E-state index in [2.05, 4.69) is 6.07 Å². The van der Waals surface area contributed by atoms with Crippen molar-refractivity contribution in [3.05, 3.63) is 71.0 Å². The fraction of sp³-hybridized carbons (Fsp3) is 0.263. The van der Waals surface area contributed by atoms with Gasteiger partial charge in [-0.15, -0.1) is 0 Å². The monoisotopic (exact) mass is 308 g/mol. The molecule has 4 heteroatoms. The number of piperidine rings is 1. The molecule has 3 nitrogen and oxygen atoms in total. The van der Waals surface area contributed by atoms with Crippen molar-refractivity contribution in [2.75, 3.05) is 6.54 Å². The fourth-order valence-electron chi connectivity index (χ4n) is 3.13. The highest BCUT2D eigenvalue weighted by molar-refractivity contribution is 5.97. The van der Waals surface area contributed by atoms with Crippen molar-refractivity contribution in [1.29, 1.82) is 5.26 Å². The van der Waals surface area contributed by atoms with Crippen LogP contribution in [0.15, 0.2) is 48.5 Å². The van der Waals surface area contributed by atoms with Gasteiger partial charge in [-0.3, -0.25) is 4.79 Å². The molecule has 0 unspecified atom stereocenters. The number of hydrogen-bond donors (Lipinski definition) is 0. The van der Waals surface area contributed by atoms with E-state index in [9.17, 15) is 14.4 Å². The van der Waals surface area contributed by atoms with E-state index in [0.717, 1.165) is 24.8 Å². The number of amides is 1. The van der Waals surface area contributed by atoms with Crippen LogP contribution >= 0.6 is 0 Å². The van der Waals surface area contributed by atoms with Crippen molar-refractivity contribution in [2.24, 2.45) is 0 Å². The minimum atomic E-state index is -0.280. The molecule has 1 fully saturated rings. The summed E-state index contributed by atoms with van der Waals surface area (Å²) in [6.45, 7) is 0.653. The molecule has 116 valence electrons. The van der Waals surface area contributed by atoms with Gasteiger partial charge in [-0.05, 0) is 49.1 Å². The summed E-state index contributed by atoms with van der Waals surface area (Å²) in [7, 11) is 0. The number of rotatable bonds is 2. The Kier molecular flexibility index (Phi) is 4.38. The van der Waals surface area contributed by atoms with Gasteiger partial charge in [-0.1, -0.05) is 24.3 Å². The van der Waals surface area contributed by atoms with Crippen molar-refractivity contribution in [2.45, 2.75) is 25.3 Å². The highest BCUT2D eigenvalue weighted by Crippen LogP contribution is 2.32. The van der Waals surface area contributed by atoms with E-state index in [4.69, 9.17) is 0 Å². The molecule has 1 aliphatic rings. The van der Waals surface area contributed by atoms with Crippen LogP contribution in [0.2, 0.25) is 0 Å². The second kappa shape index (κ2) is 6.62. The molecule has 1 heterocycles. The Morgan fingerprint density at radius 3 is 2.61 bits per heavy atom. The number of nitrogens with zero attached hydrogens (tertiary/aromatic N) is 2. The SMILES string of the molecule is N#Cc1ccccc1C(=O)N1CCCC[C@@H]1c1ccc(F)cc1. The van der Waals surface area contributed by atoms with E-state index < -0.39 is 0 Å². The summed E-state index contributed by atoms with van der Waals surface area (Å²) in [5.41, 5.74) is 1.76. The van der Waals surface area contributed by atoms with Crippen LogP contribution in [0, 0.1) is 17.1 Å². The van der Waals surface area contributed by atoms with Crippen LogP contribution in [0.1, 0.15) is 46.8 Å². The van der Waals surface area contributed by atoms with E-state index in [1.807, 2.05) is 4.90 Å². The van der Waals surface area contributed by atoms with E-state index in [-0.39, 0.29) is 17.8 Å². The lowest BCUT2D eigenvalue weighted by Gasteiger charge is -2.36. The first kappa shape index (κ1) is 15.2. The molecule has 1 aliphatic heterocycles. The third-order valence-electron chi connectivity index (χ3n) is 4.30. The highest BCUT2D eigenvalue weighted by atomic mass is 19.1. The highest BCUT2D eigenvalue weighted by Gasteiger charge is 2.29. The van der Waals surface area contributed by atoms with Gasteiger partial charge >= 0.3 is 0 Å². The first-order chi connectivity index (χ1) is 11.2. The van der Waals surface area contributed by atoms with Crippen LogP contribution in [-0.4, -0.2) is 17.4 Å². The zero-order valence-corrected chi connectivity index (χ0v) is 12.7. The van der Waals surface area contributed by atoms with E-state index in [1.54, 1.807) is 36.4 Å². The van der Waals surface area contributed by atoms with Crippen LogP contribution in [0.25, 0.3) is 0 Å². The molecule has 1 saturated heterocycles. The standard InChI is InChI=1S/C19H17FN2O/c20-16-10-8-14(9-11-16)18-7-3-4-12-22(18)19(23)17-6-2-1-5-15(17)13-21/h1-2,5-6,8-11,18H,3-4,7,12H2/t18-/m1/s1. The van der Waals surface area contributed by atoms with Crippen LogP contribution in [-0.2, 0) is 0 Å². The summed E-state index contributed by atoms with van der Waals surface area (Å²) in [4.78, 5) is 14.7. The summed E-state index contributed by atoms with van der Waals surface area (Å²) in [6, 6.07) is 15.2. The number of halogens is 1. The predicted molar refractivity (Wildman–Crippen MR) is 85.2 cm³/mol. The quantitative estimate of drug-likeness (QED) is 0.839. The minimum absolute atomic E-state index is 0.0661. The number of hydrogen-bond acceptors (Lipinski definition) is 2. The minimum Gasteiger partial charge on any atom is -0.332 e. The summed E-state index contributed by atoms with van der Waals surface area (Å²) in [6.07, 6.45) is 2.83. The van der Waals surface area contributed by atoms with Crippen LogP contribution in [0.5, 0.6) is 0 Å². The summed E-state index contributed by atoms with van der Waals surface area (Å²) in [5.74, 6) is -0.409. The third-order valence-corrected chi connectivity index (χ3v) is 4.30. The van der Waals surface area contributed by atoms with Gasteiger partial charge in [0.2, 0.25) is 0 Å². The molecule has 0 aromatic heterocycles. The fourth-order valence-corrected chi connectivity index (χ4v) is 3.13. The molecule has 0 N–H and O–H groups in total. The maximum atomic E-state index is 13.2. The van der Waals surface area contributed by atoms with Gasteiger partial charge in [0.15, 0.2) is 0 Å². The Hall–Kier alpha value is -2.67. The second-order valence-electron chi connectivity index (χ2n) is 5.72. The number of carbonyl (C=O) groups excluding carboxylic acids is 1. The van der Waals surface area contributed by atoms with Gasteiger partial charge in [0.25, 0.3) is 5.91 Å². The van der Waals surface area contributed by atoms with E-state index in [0.29, 0.717) is 17.7 Å².